The molecule has 3 aliphatic heterocycles. The molecule has 62 heavy (non-hydrogen) atoms. The molecule has 5 aromatic rings. The van der Waals surface area contributed by atoms with E-state index in [0.29, 0.717) is 53.6 Å². The zero-order chi connectivity index (χ0) is 46.3. The van der Waals surface area contributed by atoms with Gasteiger partial charge in [-0.1, -0.05) is 93.8 Å². The molecule has 0 spiro atoms. The van der Waals surface area contributed by atoms with Crippen LogP contribution in [0.15, 0.2) is 121 Å². The van der Waals surface area contributed by atoms with Gasteiger partial charge in [-0.05, 0) is 89.8 Å². The van der Waals surface area contributed by atoms with Crippen LogP contribution >= 0.6 is 40.5 Å². The van der Waals surface area contributed by atoms with Gasteiger partial charge in [-0.15, -0.1) is 0 Å². The number of aryl methyl sites for hydroxylation is 1. The summed E-state index contributed by atoms with van der Waals surface area (Å²) in [6.07, 6.45) is 0.246. The van der Waals surface area contributed by atoms with Crippen LogP contribution in [0.3, 0.4) is 0 Å². The second-order valence-electron chi connectivity index (χ2n) is 14.5. The third kappa shape index (κ3) is 17.5. The van der Waals surface area contributed by atoms with Gasteiger partial charge >= 0.3 is 40.0 Å². The molecule has 0 saturated carbocycles. The number of hydrogen-bond donors (Lipinski definition) is 2. The van der Waals surface area contributed by atoms with Crippen LogP contribution in [0.25, 0.3) is 0 Å². The van der Waals surface area contributed by atoms with Crippen molar-refractivity contribution in [2.75, 3.05) is 39.6 Å². The van der Waals surface area contributed by atoms with Crippen molar-refractivity contribution in [3.63, 3.8) is 0 Å². The minimum absolute atomic E-state index is 0. The number of ether oxygens (including phenoxy) is 5. The van der Waals surface area contributed by atoms with Crippen LogP contribution in [-0.2, 0) is 39.6 Å². The van der Waals surface area contributed by atoms with Gasteiger partial charge in [0.2, 0.25) is 0 Å². The van der Waals surface area contributed by atoms with E-state index in [1.807, 2.05) is 55.5 Å². The summed E-state index contributed by atoms with van der Waals surface area (Å²) >= 11 is 0. The molecule has 5 aromatic carbocycles. The Hall–Kier alpha value is -3.06. The van der Waals surface area contributed by atoms with Gasteiger partial charge in [-0.25, -0.2) is 4.18 Å². The van der Waals surface area contributed by atoms with Gasteiger partial charge in [-0.2, -0.15) is 48.9 Å². The zero-order valence-corrected chi connectivity index (χ0v) is 40.8. The van der Waals surface area contributed by atoms with Crippen LogP contribution < -0.4 is 43.2 Å². The van der Waals surface area contributed by atoms with E-state index in [4.69, 9.17) is 36.1 Å². The first-order valence-corrected chi connectivity index (χ1v) is 20.1. The third-order valence-electron chi connectivity index (χ3n) is 9.45. The number of phenolic OH excluding ortho intramolecular Hbond substituents is 2. The quantitative estimate of drug-likeness (QED) is 0.102. The number of aromatic hydroxyl groups is 2. The van der Waals surface area contributed by atoms with E-state index in [2.05, 4.69) is 4.18 Å². The Bertz CT molecular complexity index is 2280. The van der Waals surface area contributed by atoms with E-state index < -0.39 is 34.9 Å². The minimum Gasteiger partial charge on any atom is -1.00 e. The first-order valence-electron chi connectivity index (χ1n) is 21.7. The molecule has 0 radical (unpaired) electrons. The Kier molecular flexibility index (Phi) is 18.2. The standard InChI is InChI=1S/C21H24O4.C15H16O2.C10H12O5S.Na.3H2S.H/c1-21(2,15-3-7-17(8-4-15)22-11-19-13-24-19)16-5-9-18(10-6-16)23-12-20-14-25-20;1-15(2,11-3-7-13(16)8-4-11)12-5-9-14(17)10-6-12;1-8-2-4-9(5-3-8)15-16(11,12)14-7-10-6-13-10;;;;;/h3-10,19-20H,11-14H2,1-2H3;3-10,16-17H,1-2H3;2-5,10H,6-7H2,1H3;;3*1H2;/q;;;+1;;;;-1/t19-,20-;;10-;;;;;/m1.0...../s1/i2*1D3;;;;;;. The molecule has 3 aliphatic rings. The van der Waals surface area contributed by atoms with E-state index in [-0.39, 0.29) is 114 Å². The molecule has 3 fully saturated rings. The van der Waals surface area contributed by atoms with Crippen molar-refractivity contribution in [3.05, 3.63) is 149 Å². The number of phenols is 2. The molecule has 11 nitrogen and oxygen atoms in total. The van der Waals surface area contributed by atoms with Crippen molar-refractivity contribution >= 4 is 50.9 Å². The minimum atomic E-state index is -3.98. The predicted octanol–water partition coefficient (Wildman–Crippen LogP) is 5.48. The molecule has 3 atom stereocenters. The molecule has 0 bridgehead atoms. The van der Waals surface area contributed by atoms with E-state index in [9.17, 15) is 18.6 Å². The summed E-state index contributed by atoms with van der Waals surface area (Å²) < 4.78 is 107. The van der Waals surface area contributed by atoms with Crippen LogP contribution in [-0.4, -0.2) is 76.6 Å². The van der Waals surface area contributed by atoms with Crippen molar-refractivity contribution in [1.82, 2.24) is 0 Å². The van der Waals surface area contributed by atoms with E-state index in [1.165, 1.54) is 24.3 Å². The average molecular weight is 945 g/mol. The molecule has 2 N–H and O–H groups in total. The van der Waals surface area contributed by atoms with Crippen LogP contribution in [0.1, 0.15) is 65.0 Å². The number of benzene rings is 5. The second kappa shape index (κ2) is 24.9. The number of hydrogen-bond acceptors (Lipinski definition) is 11. The first-order chi connectivity index (χ1) is 30.2. The van der Waals surface area contributed by atoms with Gasteiger partial charge in [0.1, 0.15) is 60.3 Å². The molecule has 3 saturated heterocycles. The maximum atomic E-state index is 11.3. The molecule has 334 valence electrons. The molecule has 3 heterocycles. The zero-order valence-electron chi connectivity index (χ0n) is 42.0. The van der Waals surface area contributed by atoms with Gasteiger partial charge in [0.25, 0.3) is 0 Å². The summed E-state index contributed by atoms with van der Waals surface area (Å²) in [4.78, 5) is 0. The molecule has 8 rings (SSSR count). The Morgan fingerprint density at radius 2 is 0.887 bits per heavy atom. The van der Waals surface area contributed by atoms with Gasteiger partial charge < -0.3 is 39.5 Å². The summed E-state index contributed by atoms with van der Waals surface area (Å²) in [5, 5.41) is 18.7. The molecule has 0 aromatic heterocycles. The molecule has 0 aliphatic carbocycles. The Morgan fingerprint density at radius 1 is 0.581 bits per heavy atom. The second-order valence-corrected chi connectivity index (χ2v) is 15.7. The molecule has 0 amide bonds. The van der Waals surface area contributed by atoms with Crippen LogP contribution in [0.4, 0.5) is 0 Å². The van der Waals surface area contributed by atoms with Crippen molar-refractivity contribution in [2.45, 2.75) is 63.6 Å². The molecule has 0 unspecified atom stereocenters. The smallest absolute Gasteiger partial charge is 1.00 e. The summed E-state index contributed by atoms with van der Waals surface area (Å²) in [5.41, 5.74) is 1.25. The van der Waals surface area contributed by atoms with Crippen LogP contribution in [0.2, 0.25) is 0 Å². The Morgan fingerprint density at radius 3 is 1.21 bits per heavy atom. The van der Waals surface area contributed by atoms with Gasteiger partial charge in [0, 0.05) is 19.1 Å². The van der Waals surface area contributed by atoms with Crippen LogP contribution in [0.5, 0.6) is 28.7 Å². The largest absolute Gasteiger partial charge is 1.00 e. The van der Waals surface area contributed by atoms with E-state index in [1.54, 1.807) is 62.4 Å². The average Bonchev–Trinajstić information content (AvgIpc) is 4.10. The third-order valence-corrected chi connectivity index (χ3v) is 10.3. The molecular weight excluding hydrogens is 880 g/mol. The van der Waals surface area contributed by atoms with Crippen molar-refractivity contribution < 1.29 is 89.9 Å². The number of rotatable bonds is 15. The fraction of sp³-hybridized carbons (Fsp3) is 0.348. The fourth-order valence-corrected chi connectivity index (χ4v) is 6.17. The maximum Gasteiger partial charge on any atom is 1.00 e. The normalized spacial score (nSPS) is 18.7. The van der Waals surface area contributed by atoms with Gasteiger partial charge in [-0.3, -0.25) is 0 Å². The van der Waals surface area contributed by atoms with Gasteiger partial charge in [0.15, 0.2) is 0 Å². The van der Waals surface area contributed by atoms with Gasteiger partial charge in [0.05, 0.1) is 26.4 Å². The molecule has 16 heteroatoms. The van der Waals surface area contributed by atoms with Crippen molar-refractivity contribution in [1.29, 1.82) is 0 Å². The van der Waals surface area contributed by atoms with Crippen molar-refractivity contribution in [3.8, 4) is 28.7 Å². The topological polar surface area (TPSA) is 149 Å². The molecular formula is C46H59NaO11S4. The first kappa shape index (κ1) is 45.5. The predicted molar refractivity (Wildman–Crippen MR) is 252 cm³/mol. The van der Waals surface area contributed by atoms with E-state index >= 15 is 0 Å². The monoisotopic (exact) mass is 944 g/mol. The summed E-state index contributed by atoms with van der Waals surface area (Å²) in [7, 11) is -3.98. The summed E-state index contributed by atoms with van der Waals surface area (Å²) in [6, 6.07) is 33.5. The Labute approximate surface area is 419 Å². The van der Waals surface area contributed by atoms with Crippen molar-refractivity contribution in [2.24, 2.45) is 0 Å². The Balaban J connectivity index is 0.000000519. The van der Waals surface area contributed by atoms with E-state index in [0.717, 1.165) is 18.8 Å². The fourth-order valence-electron chi connectivity index (χ4n) is 5.46. The van der Waals surface area contributed by atoms with Crippen LogP contribution in [0, 0.1) is 6.92 Å². The SMILES string of the molecule is Cc1ccc(OS(=O)(=O)OC[C@@H]2CO2)cc1.S.S.S.[2H]C([2H])([2H])C(C)(c1ccc(O)cc1)c1ccc(O)cc1.[2H]C([2H])([2H])C(C)(c1ccc(OC[C@@H]2CO2)cc1)c1ccc(OC[C@@H]2CO2)cc1.[H-].[Na+]. The summed E-state index contributed by atoms with van der Waals surface area (Å²) in [5.74, 6) is 1.83. The number of epoxide rings is 3. The maximum absolute atomic E-state index is 11.3. The summed E-state index contributed by atoms with van der Waals surface area (Å²) in [6.45, 7) is 3.87.